The van der Waals surface area contributed by atoms with E-state index in [9.17, 15) is 9.59 Å². The lowest BCUT2D eigenvalue weighted by Gasteiger charge is -2.39. The van der Waals surface area contributed by atoms with E-state index in [1.54, 1.807) is 27.4 Å². The molecule has 2 aromatic rings. The van der Waals surface area contributed by atoms with Crippen LogP contribution in [0.2, 0.25) is 0 Å². The summed E-state index contributed by atoms with van der Waals surface area (Å²) in [6, 6.07) is 7.01. The first-order valence-corrected chi connectivity index (χ1v) is 9.90. The molecule has 2 aliphatic heterocycles. The predicted molar refractivity (Wildman–Crippen MR) is 99.0 cm³/mol. The van der Waals surface area contributed by atoms with Gasteiger partial charge in [0, 0.05) is 62.6 Å². The van der Waals surface area contributed by atoms with Crippen LogP contribution in [0, 0.1) is 5.92 Å². The van der Waals surface area contributed by atoms with Gasteiger partial charge in [0.25, 0.3) is 11.1 Å². The molecule has 0 atom stereocenters. The molecule has 1 fully saturated rings. The minimum Gasteiger partial charge on any atom is -0.314 e. The molecule has 4 rings (SSSR count). The number of hydrogen-bond donors (Lipinski definition) is 0. The molecule has 25 heavy (non-hydrogen) atoms. The molecule has 2 aliphatic rings. The summed E-state index contributed by atoms with van der Waals surface area (Å²) in [7, 11) is 0. The smallest absolute Gasteiger partial charge is 0.267 e. The van der Waals surface area contributed by atoms with Gasteiger partial charge in [-0.1, -0.05) is 6.07 Å². The fraction of sp³-hybridized carbons (Fsp3) is 0.500. The number of likely N-dealkylation sites (tertiary alicyclic amines) is 1. The summed E-state index contributed by atoms with van der Waals surface area (Å²) in [6.07, 6.45) is 2.79. The molecule has 7 heteroatoms. The van der Waals surface area contributed by atoms with Crippen LogP contribution < -0.4 is 11.1 Å². The standard InChI is InChI=1S/C18H22N4O2S/c23-17-3-1-2-5-21(17)7-6-20-10-14(11-20)12-22-18(24)9-15-13-25-8-4-16(15)19-22/h1-3,5,9,14H,4,6-8,10-13H2. The van der Waals surface area contributed by atoms with E-state index in [4.69, 9.17) is 0 Å². The highest BCUT2D eigenvalue weighted by Crippen LogP contribution is 2.22. The molecular formula is C18H22N4O2S. The first-order chi connectivity index (χ1) is 12.2. The van der Waals surface area contributed by atoms with E-state index in [1.165, 1.54) is 0 Å². The molecule has 2 aromatic heterocycles. The highest BCUT2D eigenvalue weighted by atomic mass is 32.2. The van der Waals surface area contributed by atoms with E-state index in [0.29, 0.717) is 19.0 Å². The minimum absolute atomic E-state index is 0.0236. The van der Waals surface area contributed by atoms with Gasteiger partial charge in [0.2, 0.25) is 0 Å². The third-order valence-corrected chi connectivity index (χ3v) is 5.93. The summed E-state index contributed by atoms with van der Waals surface area (Å²) in [5, 5.41) is 4.59. The van der Waals surface area contributed by atoms with Gasteiger partial charge in [-0.2, -0.15) is 16.9 Å². The molecule has 6 nitrogen and oxygen atoms in total. The molecule has 0 aliphatic carbocycles. The zero-order valence-corrected chi connectivity index (χ0v) is 15.0. The van der Waals surface area contributed by atoms with Crippen LogP contribution in [0.4, 0.5) is 0 Å². The van der Waals surface area contributed by atoms with Crippen LogP contribution in [0.25, 0.3) is 0 Å². The van der Waals surface area contributed by atoms with Crippen molar-refractivity contribution in [1.29, 1.82) is 0 Å². The van der Waals surface area contributed by atoms with Crippen molar-refractivity contribution in [2.75, 3.05) is 25.4 Å². The number of aryl methyl sites for hydroxylation is 1. The van der Waals surface area contributed by atoms with Gasteiger partial charge >= 0.3 is 0 Å². The van der Waals surface area contributed by atoms with E-state index < -0.39 is 0 Å². The third-order valence-electron chi connectivity index (χ3n) is 4.93. The Kier molecular flexibility index (Phi) is 4.76. The summed E-state index contributed by atoms with van der Waals surface area (Å²) in [4.78, 5) is 26.3. The van der Waals surface area contributed by atoms with Crippen LogP contribution in [-0.2, 0) is 25.3 Å². The second kappa shape index (κ2) is 7.17. The molecule has 4 heterocycles. The molecule has 0 amide bonds. The normalized spacial score (nSPS) is 17.9. The maximum absolute atomic E-state index is 12.2. The highest BCUT2D eigenvalue weighted by Gasteiger charge is 2.27. The average Bonchev–Trinajstić information content (AvgIpc) is 2.58. The van der Waals surface area contributed by atoms with Crippen LogP contribution in [0.1, 0.15) is 11.3 Å². The van der Waals surface area contributed by atoms with Crippen molar-refractivity contribution < 1.29 is 0 Å². The lowest BCUT2D eigenvalue weighted by molar-refractivity contribution is 0.0800. The summed E-state index contributed by atoms with van der Waals surface area (Å²) < 4.78 is 3.39. The number of rotatable bonds is 5. The maximum Gasteiger partial charge on any atom is 0.267 e. The van der Waals surface area contributed by atoms with Gasteiger partial charge < -0.3 is 9.47 Å². The number of hydrogen-bond acceptors (Lipinski definition) is 5. The SMILES string of the molecule is O=c1ccccn1CCN1CC(Cn2nc3c(cc2=O)CSCC3)C1. The summed E-state index contributed by atoms with van der Waals surface area (Å²) >= 11 is 1.87. The average molecular weight is 358 g/mol. The second-order valence-electron chi connectivity index (χ2n) is 6.80. The van der Waals surface area contributed by atoms with Crippen LogP contribution in [0.15, 0.2) is 40.1 Å². The molecule has 1 saturated heterocycles. The Balaban J connectivity index is 1.31. The predicted octanol–water partition coefficient (Wildman–Crippen LogP) is 0.826. The van der Waals surface area contributed by atoms with Crippen molar-refractivity contribution in [3.8, 4) is 0 Å². The fourth-order valence-corrected chi connectivity index (χ4v) is 4.45. The van der Waals surface area contributed by atoms with Crippen LogP contribution in [-0.4, -0.2) is 44.6 Å². The first-order valence-electron chi connectivity index (χ1n) is 8.74. The quantitative estimate of drug-likeness (QED) is 0.792. The Morgan fingerprint density at radius 1 is 1.16 bits per heavy atom. The molecule has 0 N–H and O–H groups in total. The van der Waals surface area contributed by atoms with Gasteiger partial charge in [0.15, 0.2) is 0 Å². The Labute approximate surface area is 150 Å². The zero-order chi connectivity index (χ0) is 17.2. The molecule has 0 spiro atoms. The van der Waals surface area contributed by atoms with E-state index in [2.05, 4.69) is 10.00 Å². The summed E-state index contributed by atoms with van der Waals surface area (Å²) in [6.45, 7) is 4.19. The second-order valence-corrected chi connectivity index (χ2v) is 7.90. The van der Waals surface area contributed by atoms with Gasteiger partial charge in [-0.15, -0.1) is 0 Å². The number of fused-ring (bicyclic) bond motifs is 1. The van der Waals surface area contributed by atoms with Gasteiger partial charge in [-0.3, -0.25) is 9.59 Å². The fourth-order valence-electron chi connectivity index (χ4n) is 3.50. The monoisotopic (exact) mass is 358 g/mol. The van der Waals surface area contributed by atoms with Crippen LogP contribution >= 0.6 is 11.8 Å². The van der Waals surface area contributed by atoms with Crippen LogP contribution in [0.5, 0.6) is 0 Å². The number of thioether (sulfide) groups is 1. The van der Waals surface area contributed by atoms with E-state index in [-0.39, 0.29) is 11.1 Å². The van der Waals surface area contributed by atoms with E-state index in [1.807, 2.05) is 24.0 Å². The van der Waals surface area contributed by atoms with Crippen molar-refractivity contribution in [3.05, 3.63) is 62.4 Å². The molecule has 0 unspecified atom stereocenters. The van der Waals surface area contributed by atoms with Crippen LogP contribution in [0.3, 0.4) is 0 Å². The summed E-state index contributed by atoms with van der Waals surface area (Å²) in [5.74, 6) is 2.47. The number of nitrogens with zero attached hydrogens (tertiary/aromatic N) is 4. The molecule has 0 aromatic carbocycles. The van der Waals surface area contributed by atoms with Crippen molar-refractivity contribution in [2.45, 2.75) is 25.3 Å². The Hall–Kier alpha value is -1.86. The van der Waals surface area contributed by atoms with E-state index in [0.717, 1.165) is 48.8 Å². The van der Waals surface area contributed by atoms with Crippen molar-refractivity contribution >= 4 is 11.8 Å². The maximum atomic E-state index is 12.2. The summed E-state index contributed by atoms with van der Waals surface area (Å²) in [5.41, 5.74) is 2.28. The van der Waals surface area contributed by atoms with Gasteiger partial charge in [-0.25, -0.2) is 4.68 Å². The van der Waals surface area contributed by atoms with Crippen molar-refractivity contribution in [2.24, 2.45) is 5.92 Å². The molecular weight excluding hydrogens is 336 g/mol. The van der Waals surface area contributed by atoms with Gasteiger partial charge in [0.05, 0.1) is 12.2 Å². The Morgan fingerprint density at radius 3 is 2.88 bits per heavy atom. The topological polar surface area (TPSA) is 60.1 Å². The molecule has 0 radical (unpaired) electrons. The minimum atomic E-state index is 0.0236. The van der Waals surface area contributed by atoms with Gasteiger partial charge in [0.1, 0.15) is 0 Å². The number of pyridine rings is 1. The largest absolute Gasteiger partial charge is 0.314 e. The Morgan fingerprint density at radius 2 is 2.04 bits per heavy atom. The van der Waals surface area contributed by atoms with E-state index >= 15 is 0 Å². The van der Waals surface area contributed by atoms with Crippen molar-refractivity contribution in [1.82, 2.24) is 19.2 Å². The molecule has 132 valence electrons. The van der Waals surface area contributed by atoms with Gasteiger partial charge in [-0.05, 0) is 17.4 Å². The third kappa shape index (κ3) is 3.72. The Bertz CT molecular complexity index is 870. The lowest BCUT2D eigenvalue weighted by atomic mass is 10.0. The number of aromatic nitrogens is 3. The molecule has 0 bridgehead atoms. The lowest BCUT2D eigenvalue weighted by Crippen LogP contribution is -2.50. The highest BCUT2D eigenvalue weighted by molar-refractivity contribution is 7.98. The van der Waals surface area contributed by atoms with Crippen molar-refractivity contribution in [3.63, 3.8) is 0 Å². The molecule has 0 saturated carbocycles. The zero-order valence-electron chi connectivity index (χ0n) is 14.1. The first kappa shape index (κ1) is 16.6.